The number of nitrogens with zero attached hydrogens (tertiary/aromatic N) is 1. The van der Waals surface area contributed by atoms with Gasteiger partial charge in [0.1, 0.15) is 5.75 Å². The van der Waals surface area contributed by atoms with E-state index in [1.54, 1.807) is 7.11 Å². The predicted octanol–water partition coefficient (Wildman–Crippen LogP) is 2.24. The molecule has 1 aromatic heterocycles. The molecule has 102 valence electrons. The lowest BCUT2D eigenvalue weighted by molar-refractivity contribution is -0.119. The van der Waals surface area contributed by atoms with Crippen molar-refractivity contribution in [3.8, 4) is 5.75 Å². The third-order valence-corrected chi connectivity index (χ3v) is 3.42. The molecule has 6 heteroatoms. The van der Waals surface area contributed by atoms with E-state index in [0.717, 1.165) is 21.1 Å². The fourth-order valence-corrected chi connectivity index (χ4v) is 2.53. The van der Waals surface area contributed by atoms with Gasteiger partial charge in [0.2, 0.25) is 5.91 Å². The maximum absolute atomic E-state index is 11.5. The van der Waals surface area contributed by atoms with Gasteiger partial charge in [-0.05, 0) is 32.0 Å². The average molecular weight is 279 g/mol. The van der Waals surface area contributed by atoms with Crippen LogP contribution in [0.1, 0.15) is 13.8 Å². The van der Waals surface area contributed by atoms with Crippen LogP contribution in [0.3, 0.4) is 0 Å². The molecule has 0 bridgehead atoms. The van der Waals surface area contributed by atoms with E-state index in [-0.39, 0.29) is 18.5 Å². The first-order valence-electron chi connectivity index (χ1n) is 6.06. The van der Waals surface area contributed by atoms with Crippen LogP contribution in [-0.4, -0.2) is 30.6 Å². The Morgan fingerprint density at radius 1 is 1.47 bits per heavy atom. The first-order valence-corrected chi connectivity index (χ1v) is 6.88. The van der Waals surface area contributed by atoms with Crippen LogP contribution in [0.2, 0.25) is 0 Å². The maximum Gasteiger partial charge on any atom is 0.239 e. The zero-order chi connectivity index (χ0) is 13.8. The summed E-state index contributed by atoms with van der Waals surface area (Å²) in [5.74, 6) is 0.770. The molecule has 19 heavy (non-hydrogen) atoms. The largest absolute Gasteiger partial charge is 0.497 e. The summed E-state index contributed by atoms with van der Waals surface area (Å²) in [4.78, 5) is 15.9. The lowest BCUT2D eigenvalue weighted by atomic mass is 10.3. The number of carbonyl (C=O) groups is 1. The second-order valence-corrected chi connectivity index (χ2v) is 5.46. The fourth-order valence-electron chi connectivity index (χ4n) is 1.64. The number of benzene rings is 1. The number of carbonyl (C=O) groups excluding carboxylic acids is 1. The van der Waals surface area contributed by atoms with Gasteiger partial charge in [-0.25, -0.2) is 4.98 Å². The molecule has 1 heterocycles. The molecule has 1 aromatic carbocycles. The fraction of sp³-hybridized carbons (Fsp3) is 0.385. The molecule has 2 aromatic rings. The Morgan fingerprint density at radius 2 is 2.26 bits per heavy atom. The number of nitrogens with one attached hydrogen (secondary N) is 2. The summed E-state index contributed by atoms with van der Waals surface area (Å²) in [6.07, 6.45) is 0. The molecule has 0 fully saturated rings. The Kier molecular flexibility index (Phi) is 4.21. The van der Waals surface area contributed by atoms with Crippen molar-refractivity contribution in [3.63, 3.8) is 0 Å². The number of thiazole rings is 1. The van der Waals surface area contributed by atoms with Gasteiger partial charge in [0.05, 0.1) is 23.9 Å². The van der Waals surface area contributed by atoms with Gasteiger partial charge in [0, 0.05) is 6.04 Å². The van der Waals surface area contributed by atoms with Crippen LogP contribution in [0.25, 0.3) is 10.2 Å². The Morgan fingerprint density at radius 3 is 2.95 bits per heavy atom. The zero-order valence-corrected chi connectivity index (χ0v) is 12.0. The lowest BCUT2D eigenvalue weighted by Gasteiger charge is -2.07. The monoisotopic (exact) mass is 279 g/mol. The van der Waals surface area contributed by atoms with Crippen molar-refractivity contribution in [2.24, 2.45) is 0 Å². The summed E-state index contributed by atoms with van der Waals surface area (Å²) in [6, 6.07) is 5.86. The highest BCUT2D eigenvalue weighted by Gasteiger charge is 2.07. The minimum Gasteiger partial charge on any atom is -0.497 e. The van der Waals surface area contributed by atoms with Gasteiger partial charge in [-0.3, -0.25) is 4.79 Å². The van der Waals surface area contributed by atoms with E-state index >= 15 is 0 Å². The van der Waals surface area contributed by atoms with Crippen molar-refractivity contribution in [3.05, 3.63) is 18.2 Å². The van der Waals surface area contributed by atoms with E-state index in [9.17, 15) is 4.79 Å². The van der Waals surface area contributed by atoms with Gasteiger partial charge in [-0.1, -0.05) is 11.3 Å². The second kappa shape index (κ2) is 5.88. The molecule has 2 N–H and O–H groups in total. The highest BCUT2D eigenvalue weighted by atomic mass is 32.1. The molecule has 0 unspecified atom stereocenters. The summed E-state index contributed by atoms with van der Waals surface area (Å²) in [7, 11) is 1.64. The van der Waals surface area contributed by atoms with Crippen molar-refractivity contribution in [1.29, 1.82) is 0 Å². The molecule has 0 aliphatic carbocycles. The number of hydrogen-bond donors (Lipinski definition) is 2. The third-order valence-electron chi connectivity index (χ3n) is 2.45. The van der Waals surface area contributed by atoms with Crippen LogP contribution in [0.15, 0.2) is 18.2 Å². The van der Waals surface area contributed by atoms with Crippen molar-refractivity contribution >= 4 is 32.6 Å². The third kappa shape index (κ3) is 3.57. The highest BCUT2D eigenvalue weighted by Crippen LogP contribution is 2.28. The van der Waals surface area contributed by atoms with E-state index in [4.69, 9.17) is 4.74 Å². The molecular formula is C13H17N3O2S. The molecule has 5 nitrogen and oxygen atoms in total. The van der Waals surface area contributed by atoms with E-state index < -0.39 is 0 Å². The lowest BCUT2D eigenvalue weighted by Crippen LogP contribution is -2.34. The Hall–Kier alpha value is -1.82. The number of amides is 1. The average Bonchev–Trinajstić information content (AvgIpc) is 2.77. The standard InChI is InChI=1S/C13H17N3O2S/c1-8(2)15-12(17)7-14-13-16-10-5-4-9(18-3)6-11(10)19-13/h4-6,8H,7H2,1-3H3,(H,14,16)(H,15,17). The van der Waals surface area contributed by atoms with Crippen LogP contribution in [0.5, 0.6) is 5.75 Å². The number of aromatic nitrogens is 1. The minimum atomic E-state index is -0.0353. The van der Waals surface area contributed by atoms with Gasteiger partial charge >= 0.3 is 0 Å². The normalized spacial score (nSPS) is 10.7. The Bertz CT molecular complexity index is 580. The first kappa shape index (κ1) is 13.6. The zero-order valence-electron chi connectivity index (χ0n) is 11.2. The highest BCUT2D eigenvalue weighted by molar-refractivity contribution is 7.22. The van der Waals surface area contributed by atoms with Crippen LogP contribution in [0, 0.1) is 0 Å². The smallest absolute Gasteiger partial charge is 0.239 e. The van der Waals surface area contributed by atoms with E-state index in [0.29, 0.717) is 0 Å². The van der Waals surface area contributed by atoms with Gasteiger partial charge < -0.3 is 15.4 Å². The van der Waals surface area contributed by atoms with Crippen LogP contribution >= 0.6 is 11.3 Å². The molecule has 0 aliphatic rings. The van der Waals surface area contributed by atoms with Crippen molar-refractivity contribution in [2.75, 3.05) is 19.0 Å². The van der Waals surface area contributed by atoms with Gasteiger partial charge in [-0.15, -0.1) is 0 Å². The Balaban J connectivity index is 2.03. The van der Waals surface area contributed by atoms with Gasteiger partial charge in [0.15, 0.2) is 5.13 Å². The molecule has 1 amide bonds. The molecule has 0 saturated heterocycles. The second-order valence-electron chi connectivity index (χ2n) is 4.43. The summed E-state index contributed by atoms with van der Waals surface area (Å²) in [5, 5.41) is 6.59. The predicted molar refractivity (Wildman–Crippen MR) is 77.9 cm³/mol. The SMILES string of the molecule is COc1ccc2nc(NCC(=O)NC(C)C)sc2c1. The summed E-state index contributed by atoms with van der Waals surface area (Å²) in [6.45, 7) is 4.10. The first-order chi connectivity index (χ1) is 9.08. The molecular weight excluding hydrogens is 262 g/mol. The summed E-state index contributed by atoms with van der Waals surface area (Å²) < 4.78 is 6.20. The van der Waals surface area contributed by atoms with E-state index in [2.05, 4.69) is 15.6 Å². The van der Waals surface area contributed by atoms with E-state index in [1.807, 2.05) is 32.0 Å². The summed E-state index contributed by atoms with van der Waals surface area (Å²) in [5.41, 5.74) is 0.901. The van der Waals surface area contributed by atoms with Crippen LogP contribution in [-0.2, 0) is 4.79 Å². The van der Waals surface area contributed by atoms with Crippen LogP contribution < -0.4 is 15.4 Å². The van der Waals surface area contributed by atoms with E-state index in [1.165, 1.54) is 11.3 Å². The molecule has 0 spiro atoms. The number of rotatable bonds is 5. The van der Waals surface area contributed by atoms with Crippen molar-refractivity contribution in [1.82, 2.24) is 10.3 Å². The number of fused-ring (bicyclic) bond motifs is 1. The number of methoxy groups -OCH3 is 1. The van der Waals surface area contributed by atoms with Gasteiger partial charge in [0.25, 0.3) is 0 Å². The van der Waals surface area contributed by atoms with Crippen molar-refractivity contribution < 1.29 is 9.53 Å². The van der Waals surface area contributed by atoms with Gasteiger partial charge in [-0.2, -0.15) is 0 Å². The Labute approximate surface area is 116 Å². The van der Waals surface area contributed by atoms with Crippen LogP contribution in [0.4, 0.5) is 5.13 Å². The molecule has 0 atom stereocenters. The number of anilines is 1. The molecule has 2 rings (SSSR count). The quantitative estimate of drug-likeness (QED) is 0.881. The number of ether oxygens (including phenoxy) is 1. The summed E-state index contributed by atoms with van der Waals surface area (Å²) >= 11 is 1.51. The molecule has 0 saturated carbocycles. The van der Waals surface area contributed by atoms with Crippen molar-refractivity contribution in [2.45, 2.75) is 19.9 Å². The number of hydrogen-bond acceptors (Lipinski definition) is 5. The minimum absolute atomic E-state index is 0.0353. The molecule has 0 aliphatic heterocycles. The maximum atomic E-state index is 11.5. The topological polar surface area (TPSA) is 63.2 Å². The molecule has 0 radical (unpaired) electrons.